The van der Waals surface area contributed by atoms with Crippen LogP contribution in [0.1, 0.15) is 0 Å². The van der Waals surface area contributed by atoms with Gasteiger partial charge in [0.15, 0.2) is 0 Å². The summed E-state index contributed by atoms with van der Waals surface area (Å²) in [6, 6.07) is 34.3. The molecular formula is C30H19N3. The van der Waals surface area contributed by atoms with Crippen molar-refractivity contribution >= 4 is 38.7 Å². The van der Waals surface area contributed by atoms with Crippen molar-refractivity contribution in [2.24, 2.45) is 0 Å². The fourth-order valence-corrected chi connectivity index (χ4v) is 5.16. The molecule has 1 aliphatic carbocycles. The number of hydrogen-bond acceptors (Lipinski definition) is 3. The van der Waals surface area contributed by atoms with Crippen molar-refractivity contribution in [1.82, 2.24) is 9.97 Å². The normalized spacial score (nSPS) is 11.6. The molecule has 2 heterocycles. The molecule has 0 saturated carbocycles. The van der Waals surface area contributed by atoms with E-state index in [1.807, 2.05) is 30.7 Å². The van der Waals surface area contributed by atoms with Crippen LogP contribution in [0.3, 0.4) is 0 Å². The smallest absolute Gasteiger partial charge is 0.0723 e. The highest BCUT2D eigenvalue weighted by Gasteiger charge is 2.25. The molecule has 4 aromatic carbocycles. The predicted molar refractivity (Wildman–Crippen MR) is 136 cm³/mol. The number of para-hydroxylation sites is 1. The molecule has 6 aromatic rings. The average Bonchev–Trinajstić information content (AvgIpc) is 3.22. The fraction of sp³-hybridized carbons (Fsp3) is 0. The summed E-state index contributed by atoms with van der Waals surface area (Å²) in [6.07, 6.45) is 5.63. The molecule has 0 N–H and O–H groups in total. The number of fused-ring (bicyclic) bond motifs is 4. The first-order chi connectivity index (χ1) is 16.4. The van der Waals surface area contributed by atoms with E-state index in [9.17, 15) is 0 Å². The van der Waals surface area contributed by atoms with E-state index in [0.29, 0.717) is 0 Å². The molecule has 0 radical (unpaired) electrons. The van der Waals surface area contributed by atoms with Crippen LogP contribution in [0.2, 0.25) is 0 Å². The van der Waals surface area contributed by atoms with Crippen LogP contribution in [-0.4, -0.2) is 9.97 Å². The zero-order valence-corrected chi connectivity index (χ0v) is 17.8. The summed E-state index contributed by atoms with van der Waals surface area (Å²) < 4.78 is 0. The summed E-state index contributed by atoms with van der Waals surface area (Å²) >= 11 is 0. The van der Waals surface area contributed by atoms with Gasteiger partial charge in [-0.1, -0.05) is 66.7 Å². The number of nitrogens with zero attached hydrogens (tertiary/aromatic N) is 3. The van der Waals surface area contributed by atoms with Gasteiger partial charge < -0.3 is 4.90 Å². The lowest BCUT2D eigenvalue weighted by atomic mass is 10.00. The first kappa shape index (κ1) is 18.1. The van der Waals surface area contributed by atoms with Gasteiger partial charge in [-0.05, 0) is 58.0 Å². The summed E-state index contributed by atoms with van der Waals surface area (Å²) in [6.45, 7) is 0. The second-order valence-corrected chi connectivity index (χ2v) is 8.30. The van der Waals surface area contributed by atoms with Gasteiger partial charge in [-0.25, -0.2) is 0 Å². The number of pyridine rings is 2. The third-order valence-corrected chi connectivity index (χ3v) is 6.54. The standard InChI is InChI=1S/C30H19N3/c1-2-9-22-21(8-1)23-11-5-12-26-28(15-14-24(22)30(23)26)33(20-7-6-17-31-19-20)29-16-18-32-27-13-4-3-10-25(27)29/h1-19H. The minimum Gasteiger partial charge on any atom is -0.308 e. The monoisotopic (exact) mass is 421 g/mol. The summed E-state index contributed by atoms with van der Waals surface area (Å²) in [5.74, 6) is 0. The molecule has 0 atom stereocenters. The number of rotatable bonds is 3. The Bertz CT molecular complexity index is 1640. The van der Waals surface area contributed by atoms with Crippen molar-refractivity contribution in [2.45, 2.75) is 0 Å². The highest BCUT2D eigenvalue weighted by atomic mass is 15.2. The SMILES string of the molecule is c1cncc(N(c2ccnc3ccccc23)c2ccc3c4c(cccc24)-c2ccccc2-3)c1. The Morgan fingerprint density at radius 3 is 2.09 bits per heavy atom. The zero-order chi connectivity index (χ0) is 21.8. The van der Waals surface area contributed by atoms with Gasteiger partial charge in [0.25, 0.3) is 0 Å². The minimum absolute atomic E-state index is 0.974. The van der Waals surface area contributed by atoms with Gasteiger partial charge in [-0.15, -0.1) is 0 Å². The molecule has 0 saturated heterocycles. The van der Waals surface area contributed by atoms with Crippen LogP contribution < -0.4 is 4.90 Å². The largest absolute Gasteiger partial charge is 0.308 e. The molecule has 1 aliphatic rings. The summed E-state index contributed by atoms with van der Waals surface area (Å²) in [5.41, 5.74) is 9.41. The van der Waals surface area contributed by atoms with E-state index >= 15 is 0 Å². The van der Waals surface area contributed by atoms with Crippen molar-refractivity contribution in [1.29, 1.82) is 0 Å². The Labute approximate surface area is 191 Å². The quantitative estimate of drug-likeness (QED) is 0.290. The van der Waals surface area contributed by atoms with Gasteiger partial charge in [0, 0.05) is 23.2 Å². The van der Waals surface area contributed by atoms with Gasteiger partial charge in [0.1, 0.15) is 0 Å². The zero-order valence-electron chi connectivity index (χ0n) is 17.8. The maximum Gasteiger partial charge on any atom is 0.0723 e. The lowest BCUT2D eigenvalue weighted by Gasteiger charge is -2.27. The summed E-state index contributed by atoms with van der Waals surface area (Å²) in [4.78, 5) is 11.3. The third kappa shape index (κ3) is 2.63. The van der Waals surface area contributed by atoms with E-state index in [2.05, 4.69) is 99.8 Å². The molecular weight excluding hydrogens is 402 g/mol. The van der Waals surface area contributed by atoms with Crippen LogP contribution in [0.25, 0.3) is 43.9 Å². The van der Waals surface area contributed by atoms with Crippen LogP contribution in [0.15, 0.2) is 116 Å². The molecule has 0 bridgehead atoms. The summed E-state index contributed by atoms with van der Waals surface area (Å²) in [5, 5.41) is 3.64. The number of aromatic nitrogens is 2. The molecule has 0 fully saturated rings. The Hall–Kier alpha value is -4.50. The Morgan fingerprint density at radius 1 is 0.515 bits per heavy atom. The molecule has 0 spiro atoms. The maximum absolute atomic E-state index is 4.60. The Morgan fingerprint density at radius 2 is 1.24 bits per heavy atom. The van der Waals surface area contributed by atoms with E-state index in [1.165, 1.54) is 33.0 Å². The van der Waals surface area contributed by atoms with Gasteiger partial charge in [-0.2, -0.15) is 0 Å². The lowest BCUT2D eigenvalue weighted by molar-refractivity contribution is 1.24. The number of hydrogen-bond donors (Lipinski definition) is 0. The van der Waals surface area contributed by atoms with Gasteiger partial charge >= 0.3 is 0 Å². The van der Waals surface area contributed by atoms with Crippen LogP contribution in [-0.2, 0) is 0 Å². The molecule has 7 rings (SSSR count). The molecule has 0 amide bonds. The summed E-state index contributed by atoms with van der Waals surface area (Å²) in [7, 11) is 0. The topological polar surface area (TPSA) is 29.0 Å². The number of benzene rings is 4. The van der Waals surface area contributed by atoms with Gasteiger partial charge in [0.05, 0.1) is 28.8 Å². The fourth-order valence-electron chi connectivity index (χ4n) is 5.16. The van der Waals surface area contributed by atoms with E-state index in [1.54, 1.807) is 0 Å². The van der Waals surface area contributed by atoms with E-state index in [4.69, 9.17) is 0 Å². The van der Waals surface area contributed by atoms with Crippen molar-refractivity contribution in [2.75, 3.05) is 4.90 Å². The van der Waals surface area contributed by atoms with Crippen LogP contribution >= 0.6 is 0 Å². The highest BCUT2D eigenvalue weighted by Crippen LogP contribution is 2.51. The van der Waals surface area contributed by atoms with E-state index < -0.39 is 0 Å². The molecule has 33 heavy (non-hydrogen) atoms. The van der Waals surface area contributed by atoms with E-state index in [-0.39, 0.29) is 0 Å². The van der Waals surface area contributed by atoms with Crippen molar-refractivity contribution < 1.29 is 0 Å². The Kier molecular flexibility index (Phi) is 3.84. The second kappa shape index (κ2) is 7.01. The number of anilines is 3. The molecule has 0 aliphatic heterocycles. The van der Waals surface area contributed by atoms with Crippen molar-refractivity contribution in [3.63, 3.8) is 0 Å². The molecule has 0 unspecified atom stereocenters. The second-order valence-electron chi connectivity index (χ2n) is 8.30. The van der Waals surface area contributed by atoms with Gasteiger partial charge in [0.2, 0.25) is 0 Å². The van der Waals surface area contributed by atoms with Crippen LogP contribution in [0.5, 0.6) is 0 Å². The van der Waals surface area contributed by atoms with Crippen molar-refractivity contribution in [3.05, 3.63) is 116 Å². The third-order valence-electron chi connectivity index (χ3n) is 6.54. The van der Waals surface area contributed by atoms with Crippen molar-refractivity contribution in [3.8, 4) is 22.3 Å². The molecule has 3 nitrogen and oxygen atoms in total. The maximum atomic E-state index is 4.60. The molecule has 2 aromatic heterocycles. The first-order valence-corrected chi connectivity index (χ1v) is 11.1. The van der Waals surface area contributed by atoms with Gasteiger partial charge in [-0.3, -0.25) is 9.97 Å². The lowest BCUT2D eigenvalue weighted by Crippen LogP contribution is -2.11. The minimum atomic E-state index is 0.974. The molecule has 3 heteroatoms. The predicted octanol–water partition coefficient (Wildman–Crippen LogP) is 7.90. The highest BCUT2D eigenvalue weighted by molar-refractivity contribution is 6.19. The van der Waals surface area contributed by atoms with E-state index in [0.717, 1.165) is 28.0 Å². The Balaban J connectivity index is 1.57. The van der Waals surface area contributed by atoms with Crippen LogP contribution in [0, 0.1) is 0 Å². The van der Waals surface area contributed by atoms with Crippen LogP contribution in [0.4, 0.5) is 17.1 Å². The average molecular weight is 422 g/mol. The first-order valence-electron chi connectivity index (χ1n) is 11.1. The molecule has 154 valence electrons.